The van der Waals surface area contributed by atoms with Gasteiger partial charge in [-0.3, -0.25) is 0 Å². The molecule has 0 amide bonds. The first-order chi connectivity index (χ1) is 11.4. The molecule has 0 saturated heterocycles. The van der Waals surface area contributed by atoms with E-state index in [0.29, 0.717) is 0 Å². The normalized spacial score (nSPS) is 10.4. The summed E-state index contributed by atoms with van der Waals surface area (Å²) in [5.74, 6) is 1.80. The molecule has 0 radical (unpaired) electrons. The number of aryl methyl sites for hydroxylation is 2. The van der Waals surface area contributed by atoms with Gasteiger partial charge in [0.1, 0.15) is 11.5 Å². The van der Waals surface area contributed by atoms with Crippen LogP contribution in [-0.2, 0) is 12.8 Å². The molecule has 0 aliphatic carbocycles. The molecule has 0 atom stereocenters. The third-order valence-corrected chi connectivity index (χ3v) is 3.90. The number of ether oxygens (including phenoxy) is 1. The summed E-state index contributed by atoms with van der Waals surface area (Å²) in [6.07, 6.45) is 4.66. The second kappa shape index (κ2) is 8.19. The lowest BCUT2D eigenvalue weighted by Crippen LogP contribution is -1.90. The minimum absolute atomic E-state index is 0.883. The fourth-order valence-electron chi connectivity index (χ4n) is 2.69. The minimum atomic E-state index is 0.883. The number of hydrogen-bond donors (Lipinski definition) is 0. The standard InChI is InChI=1S/C22H22O/c1-3-10-19(11-4-1)12-7-8-13-20-14-9-17-22(18-20)23-21-15-5-2-6-16-21/h1-6,9-11,14-18H,7-8,12-13H2. The van der Waals surface area contributed by atoms with Crippen LogP contribution in [0.15, 0.2) is 84.9 Å². The third-order valence-electron chi connectivity index (χ3n) is 3.90. The molecule has 0 saturated carbocycles. The molecule has 23 heavy (non-hydrogen) atoms. The Morgan fingerprint density at radius 3 is 1.83 bits per heavy atom. The van der Waals surface area contributed by atoms with Crippen molar-refractivity contribution >= 4 is 0 Å². The van der Waals surface area contributed by atoms with Crippen molar-refractivity contribution < 1.29 is 4.74 Å². The van der Waals surface area contributed by atoms with Crippen LogP contribution in [0.25, 0.3) is 0 Å². The maximum atomic E-state index is 5.89. The summed E-state index contributed by atoms with van der Waals surface area (Å²) in [6, 6.07) is 29.0. The van der Waals surface area contributed by atoms with E-state index >= 15 is 0 Å². The molecule has 1 nitrogen and oxygen atoms in total. The Bertz CT molecular complexity index is 704. The molecule has 0 fully saturated rings. The number of para-hydroxylation sites is 1. The minimum Gasteiger partial charge on any atom is -0.457 e. The van der Waals surface area contributed by atoms with Gasteiger partial charge in [0.25, 0.3) is 0 Å². The van der Waals surface area contributed by atoms with Crippen molar-refractivity contribution in [3.05, 3.63) is 96.1 Å². The van der Waals surface area contributed by atoms with Crippen LogP contribution in [0.2, 0.25) is 0 Å². The fourth-order valence-corrected chi connectivity index (χ4v) is 2.69. The van der Waals surface area contributed by atoms with Gasteiger partial charge < -0.3 is 4.74 Å². The monoisotopic (exact) mass is 302 g/mol. The largest absolute Gasteiger partial charge is 0.457 e. The summed E-state index contributed by atoms with van der Waals surface area (Å²) in [5.41, 5.74) is 2.76. The molecule has 0 bridgehead atoms. The van der Waals surface area contributed by atoms with Crippen molar-refractivity contribution in [1.29, 1.82) is 0 Å². The average molecular weight is 302 g/mol. The average Bonchev–Trinajstić information content (AvgIpc) is 2.61. The molecule has 0 spiro atoms. The summed E-state index contributed by atoms with van der Waals surface area (Å²) in [6.45, 7) is 0. The summed E-state index contributed by atoms with van der Waals surface area (Å²) in [5, 5.41) is 0. The quantitative estimate of drug-likeness (QED) is 0.483. The van der Waals surface area contributed by atoms with E-state index in [1.54, 1.807) is 0 Å². The van der Waals surface area contributed by atoms with Crippen LogP contribution >= 0.6 is 0 Å². The summed E-state index contributed by atoms with van der Waals surface area (Å²) in [7, 11) is 0. The summed E-state index contributed by atoms with van der Waals surface area (Å²) in [4.78, 5) is 0. The van der Waals surface area contributed by atoms with E-state index < -0.39 is 0 Å². The Labute approximate surface area is 138 Å². The Morgan fingerprint density at radius 2 is 1.09 bits per heavy atom. The van der Waals surface area contributed by atoms with Gasteiger partial charge in [-0.1, -0.05) is 60.7 Å². The van der Waals surface area contributed by atoms with Gasteiger partial charge in [0.05, 0.1) is 0 Å². The Morgan fingerprint density at radius 1 is 0.522 bits per heavy atom. The van der Waals surface area contributed by atoms with Gasteiger partial charge in [0.2, 0.25) is 0 Å². The zero-order valence-corrected chi connectivity index (χ0v) is 13.3. The van der Waals surface area contributed by atoms with E-state index in [2.05, 4.69) is 48.5 Å². The van der Waals surface area contributed by atoms with Gasteiger partial charge >= 0.3 is 0 Å². The van der Waals surface area contributed by atoms with Gasteiger partial charge in [-0.2, -0.15) is 0 Å². The highest BCUT2D eigenvalue weighted by Gasteiger charge is 2.00. The van der Waals surface area contributed by atoms with Gasteiger partial charge in [-0.15, -0.1) is 0 Å². The molecule has 0 unspecified atom stereocenters. The molecule has 1 heteroatoms. The zero-order chi connectivity index (χ0) is 15.7. The van der Waals surface area contributed by atoms with Crippen LogP contribution in [0.4, 0.5) is 0 Å². The van der Waals surface area contributed by atoms with Crippen molar-refractivity contribution in [3.63, 3.8) is 0 Å². The van der Waals surface area contributed by atoms with Crippen molar-refractivity contribution in [2.24, 2.45) is 0 Å². The molecule has 3 aromatic rings. The van der Waals surface area contributed by atoms with Crippen LogP contribution in [0.5, 0.6) is 11.5 Å². The van der Waals surface area contributed by atoms with Crippen molar-refractivity contribution in [1.82, 2.24) is 0 Å². The maximum Gasteiger partial charge on any atom is 0.127 e. The molecule has 3 rings (SSSR count). The molecule has 0 heterocycles. The van der Waals surface area contributed by atoms with Crippen molar-refractivity contribution in [3.8, 4) is 11.5 Å². The predicted octanol–water partition coefficient (Wildman–Crippen LogP) is 6.04. The van der Waals surface area contributed by atoms with Crippen LogP contribution < -0.4 is 4.74 Å². The number of benzene rings is 3. The highest BCUT2D eigenvalue weighted by molar-refractivity contribution is 5.33. The fraction of sp³-hybridized carbons (Fsp3) is 0.182. The first-order valence-electron chi connectivity index (χ1n) is 8.26. The van der Waals surface area contributed by atoms with Gasteiger partial charge in [-0.25, -0.2) is 0 Å². The second-order valence-corrected chi connectivity index (χ2v) is 5.76. The molecule has 0 aliphatic heterocycles. The van der Waals surface area contributed by atoms with Crippen LogP contribution in [0, 0.1) is 0 Å². The van der Waals surface area contributed by atoms with Crippen LogP contribution in [-0.4, -0.2) is 0 Å². The van der Waals surface area contributed by atoms with Gasteiger partial charge in [-0.05, 0) is 61.1 Å². The Kier molecular flexibility index (Phi) is 5.47. The Hall–Kier alpha value is -2.54. The van der Waals surface area contributed by atoms with Crippen molar-refractivity contribution in [2.45, 2.75) is 25.7 Å². The second-order valence-electron chi connectivity index (χ2n) is 5.76. The zero-order valence-electron chi connectivity index (χ0n) is 13.3. The maximum absolute atomic E-state index is 5.89. The topological polar surface area (TPSA) is 9.23 Å². The van der Waals surface area contributed by atoms with E-state index in [1.807, 2.05) is 36.4 Å². The van der Waals surface area contributed by atoms with Gasteiger partial charge in [0, 0.05) is 0 Å². The molecule has 0 N–H and O–H groups in total. The first kappa shape index (κ1) is 15.4. The van der Waals surface area contributed by atoms with E-state index in [-0.39, 0.29) is 0 Å². The van der Waals surface area contributed by atoms with Gasteiger partial charge in [0.15, 0.2) is 0 Å². The lowest BCUT2D eigenvalue weighted by Gasteiger charge is -2.08. The number of unbranched alkanes of at least 4 members (excludes halogenated alkanes) is 1. The first-order valence-corrected chi connectivity index (χ1v) is 8.26. The summed E-state index contributed by atoms with van der Waals surface area (Å²) >= 11 is 0. The molecule has 116 valence electrons. The predicted molar refractivity (Wildman–Crippen MR) is 96.0 cm³/mol. The number of rotatable bonds is 7. The highest BCUT2D eigenvalue weighted by atomic mass is 16.5. The Balaban J connectivity index is 1.49. The van der Waals surface area contributed by atoms with Crippen LogP contribution in [0.1, 0.15) is 24.0 Å². The highest BCUT2D eigenvalue weighted by Crippen LogP contribution is 2.22. The smallest absolute Gasteiger partial charge is 0.127 e. The SMILES string of the molecule is c1ccc(CCCCc2cccc(Oc3ccccc3)c2)cc1. The van der Waals surface area contributed by atoms with E-state index in [9.17, 15) is 0 Å². The van der Waals surface area contributed by atoms with Crippen molar-refractivity contribution in [2.75, 3.05) is 0 Å². The summed E-state index contributed by atoms with van der Waals surface area (Å²) < 4.78 is 5.89. The third kappa shape index (κ3) is 5.00. The lowest BCUT2D eigenvalue weighted by molar-refractivity contribution is 0.482. The van der Waals surface area contributed by atoms with Crippen LogP contribution in [0.3, 0.4) is 0 Å². The molecular weight excluding hydrogens is 280 g/mol. The number of hydrogen-bond acceptors (Lipinski definition) is 1. The molecule has 0 aromatic heterocycles. The van der Waals surface area contributed by atoms with E-state index in [1.165, 1.54) is 24.0 Å². The molecule has 0 aliphatic rings. The molecule has 3 aromatic carbocycles. The van der Waals surface area contributed by atoms with E-state index in [0.717, 1.165) is 24.3 Å². The lowest BCUT2D eigenvalue weighted by atomic mass is 10.0. The van der Waals surface area contributed by atoms with E-state index in [4.69, 9.17) is 4.74 Å². The molecular formula is C22H22O.